The Morgan fingerprint density at radius 3 is 2.69 bits per heavy atom. The molecule has 0 aliphatic carbocycles. The van der Waals surface area contributed by atoms with Gasteiger partial charge in [-0.3, -0.25) is 4.79 Å². The highest BCUT2D eigenvalue weighted by atomic mass is 16.1. The molecule has 1 rings (SSSR count). The molecule has 0 fully saturated rings. The van der Waals surface area contributed by atoms with Gasteiger partial charge in [-0.15, -0.1) is 0 Å². The first-order chi connectivity index (χ1) is 7.52. The lowest BCUT2D eigenvalue weighted by molar-refractivity contribution is -0.118. The molecule has 0 spiro atoms. The fourth-order valence-corrected chi connectivity index (χ4v) is 1.29. The van der Waals surface area contributed by atoms with E-state index < -0.39 is 0 Å². The molecule has 1 aromatic carbocycles. The number of carbonyl (C=O) groups is 1. The summed E-state index contributed by atoms with van der Waals surface area (Å²) in [7, 11) is 0. The van der Waals surface area contributed by atoms with Crippen LogP contribution in [0.5, 0.6) is 0 Å². The maximum absolute atomic E-state index is 10.6. The van der Waals surface area contributed by atoms with E-state index in [-0.39, 0.29) is 5.91 Å². The molecule has 0 saturated heterocycles. The molecule has 0 bridgehead atoms. The van der Waals surface area contributed by atoms with E-state index in [1.54, 1.807) is 0 Å². The zero-order valence-corrected chi connectivity index (χ0v) is 9.85. The van der Waals surface area contributed by atoms with Crippen molar-refractivity contribution < 1.29 is 4.79 Å². The molecule has 3 nitrogen and oxygen atoms in total. The smallest absolute Gasteiger partial charge is 0.217 e. The monoisotopic (exact) mass is 216 g/mol. The lowest BCUT2D eigenvalue weighted by Gasteiger charge is -2.05. The standard InChI is InChI=1S/C13H16N2O/c1-9-10(2)13(14)7-6-12(9)5-4-8-15-11(3)16/h6-7H,8,14H2,1-3H3,(H,15,16). The summed E-state index contributed by atoms with van der Waals surface area (Å²) in [6.45, 7) is 5.82. The topological polar surface area (TPSA) is 55.1 Å². The molecule has 84 valence electrons. The first kappa shape index (κ1) is 12.1. The van der Waals surface area contributed by atoms with Crippen molar-refractivity contribution >= 4 is 11.6 Å². The van der Waals surface area contributed by atoms with Crippen molar-refractivity contribution in [3.8, 4) is 11.8 Å². The summed E-state index contributed by atoms with van der Waals surface area (Å²) >= 11 is 0. The highest BCUT2D eigenvalue weighted by molar-refractivity contribution is 5.73. The quantitative estimate of drug-likeness (QED) is 0.550. The van der Waals surface area contributed by atoms with Gasteiger partial charge in [-0.1, -0.05) is 11.8 Å². The second-order valence-corrected chi connectivity index (χ2v) is 3.66. The summed E-state index contributed by atoms with van der Waals surface area (Å²) in [5, 5.41) is 2.62. The zero-order valence-electron chi connectivity index (χ0n) is 9.85. The molecule has 0 saturated carbocycles. The summed E-state index contributed by atoms with van der Waals surface area (Å²) < 4.78 is 0. The van der Waals surface area contributed by atoms with Gasteiger partial charge < -0.3 is 11.1 Å². The summed E-state index contributed by atoms with van der Waals surface area (Å²) in [5.41, 5.74) is 9.67. The number of nitrogen functional groups attached to an aromatic ring is 1. The predicted octanol–water partition coefficient (Wildman–Crippen LogP) is 1.37. The first-order valence-corrected chi connectivity index (χ1v) is 5.11. The van der Waals surface area contributed by atoms with E-state index in [0.29, 0.717) is 6.54 Å². The second kappa shape index (κ2) is 5.22. The van der Waals surface area contributed by atoms with E-state index in [2.05, 4.69) is 17.2 Å². The summed E-state index contributed by atoms with van der Waals surface area (Å²) in [6.07, 6.45) is 0. The highest BCUT2D eigenvalue weighted by Crippen LogP contribution is 2.18. The van der Waals surface area contributed by atoms with Crippen LogP contribution in [0.15, 0.2) is 12.1 Å². The Morgan fingerprint density at radius 2 is 2.06 bits per heavy atom. The summed E-state index contributed by atoms with van der Waals surface area (Å²) in [5.74, 6) is 5.84. The van der Waals surface area contributed by atoms with Crippen LogP contribution >= 0.6 is 0 Å². The molecule has 0 atom stereocenters. The molecular formula is C13H16N2O. The minimum Gasteiger partial charge on any atom is -0.399 e. The van der Waals surface area contributed by atoms with Gasteiger partial charge >= 0.3 is 0 Å². The molecule has 0 unspecified atom stereocenters. The number of nitrogens with one attached hydrogen (secondary N) is 1. The van der Waals surface area contributed by atoms with Gasteiger partial charge in [0, 0.05) is 18.2 Å². The number of anilines is 1. The molecular weight excluding hydrogens is 200 g/mol. The van der Waals surface area contributed by atoms with Gasteiger partial charge in [0.2, 0.25) is 5.91 Å². The van der Waals surface area contributed by atoms with Crippen molar-refractivity contribution in [2.45, 2.75) is 20.8 Å². The number of hydrogen-bond acceptors (Lipinski definition) is 2. The van der Waals surface area contributed by atoms with Gasteiger partial charge in [0.25, 0.3) is 0 Å². The summed E-state index contributed by atoms with van der Waals surface area (Å²) in [4.78, 5) is 10.6. The largest absolute Gasteiger partial charge is 0.399 e. The van der Waals surface area contributed by atoms with Crippen LogP contribution in [0.2, 0.25) is 0 Å². The fourth-order valence-electron chi connectivity index (χ4n) is 1.29. The minimum absolute atomic E-state index is 0.0699. The van der Waals surface area contributed by atoms with Crippen molar-refractivity contribution in [2.24, 2.45) is 0 Å². The van der Waals surface area contributed by atoms with Crippen LogP contribution in [0.1, 0.15) is 23.6 Å². The second-order valence-electron chi connectivity index (χ2n) is 3.66. The molecule has 0 radical (unpaired) electrons. The first-order valence-electron chi connectivity index (χ1n) is 5.11. The van der Waals surface area contributed by atoms with E-state index >= 15 is 0 Å². The molecule has 0 heterocycles. The average molecular weight is 216 g/mol. The van der Waals surface area contributed by atoms with Crippen molar-refractivity contribution in [3.63, 3.8) is 0 Å². The summed E-state index contributed by atoms with van der Waals surface area (Å²) in [6, 6.07) is 3.75. The number of benzene rings is 1. The van der Waals surface area contributed by atoms with Crippen molar-refractivity contribution in [2.75, 3.05) is 12.3 Å². The number of rotatable bonds is 1. The maximum atomic E-state index is 10.6. The molecule has 1 aromatic rings. The van der Waals surface area contributed by atoms with E-state index in [4.69, 9.17) is 5.73 Å². The number of hydrogen-bond donors (Lipinski definition) is 2. The highest BCUT2D eigenvalue weighted by Gasteiger charge is 2.01. The van der Waals surface area contributed by atoms with Gasteiger partial charge in [0.05, 0.1) is 6.54 Å². The molecule has 0 aliphatic heterocycles. The Balaban J connectivity index is 2.82. The maximum Gasteiger partial charge on any atom is 0.217 e. The van der Waals surface area contributed by atoms with Gasteiger partial charge in [-0.25, -0.2) is 0 Å². The minimum atomic E-state index is -0.0699. The third-order valence-corrected chi connectivity index (χ3v) is 2.48. The van der Waals surface area contributed by atoms with Gasteiger partial charge in [-0.05, 0) is 37.1 Å². The van der Waals surface area contributed by atoms with Gasteiger partial charge in [0.1, 0.15) is 0 Å². The normalized spacial score (nSPS) is 9.19. The Kier molecular flexibility index (Phi) is 3.96. The Bertz CT molecular complexity index is 467. The molecule has 3 N–H and O–H groups in total. The van der Waals surface area contributed by atoms with Crippen LogP contribution in [0.3, 0.4) is 0 Å². The average Bonchev–Trinajstić information content (AvgIpc) is 2.23. The van der Waals surface area contributed by atoms with Crippen molar-refractivity contribution in [3.05, 3.63) is 28.8 Å². The third kappa shape index (κ3) is 3.03. The molecule has 0 aromatic heterocycles. The van der Waals surface area contributed by atoms with Crippen LogP contribution in [-0.2, 0) is 4.79 Å². The fraction of sp³-hybridized carbons (Fsp3) is 0.308. The Hall–Kier alpha value is -1.95. The zero-order chi connectivity index (χ0) is 12.1. The lowest BCUT2D eigenvalue weighted by atomic mass is 10.0. The Labute approximate surface area is 96.0 Å². The van der Waals surface area contributed by atoms with E-state index in [1.165, 1.54) is 6.92 Å². The van der Waals surface area contributed by atoms with E-state index in [1.807, 2.05) is 26.0 Å². The van der Waals surface area contributed by atoms with Crippen molar-refractivity contribution in [1.82, 2.24) is 5.32 Å². The molecule has 1 amide bonds. The van der Waals surface area contributed by atoms with E-state index in [0.717, 1.165) is 22.4 Å². The SMILES string of the molecule is CC(=O)NCC#Cc1ccc(N)c(C)c1C. The number of carbonyl (C=O) groups excluding carboxylic acids is 1. The van der Waals surface area contributed by atoms with Gasteiger partial charge in [0.15, 0.2) is 0 Å². The van der Waals surface area contributed by atoms with E-state index in [9.17, 15) is 4.79 Å². The van der Waals surface area contributed by atoms with Crippen LogP contribution < -0.4 is 11.1 Å². The molecule has 16 heavy (non-hydrogen) atoms. The number of amides is 1. The molecule has 0 aliphatic rings. The van der Waals surface area contributed by atoms with Crippen LogP contribution in [-0.4, -0.2) is 12.5 Å². The Morgan fingerprint density at radius 1 is 1.38 bits per heavy atom. The number of nitrogens with two attached hydrogens (primary N) is 1. The van der Waals surface area contributed by atoms with Crippen molar-refractivity contribution in [1.29, 1.82) is 0 Å². The van der Waals surface area contributed by atoms with Crippen LogP contribution in [0, 0.1) is 25.7 Å². The predicted molar refractivity (Wildman–Crippen MR) is 65.9 cm³/mol. The van der Waals surface area contributed by atoms with Gasteiger partial charge in [-0.2, -0.15) is 0 Å². The molecule has 3 heteroatoms. The third-order valence-electron chi connectivity index (χ3n) is 2.48. The lowest BCUT2D eigenvalue weighted by Crippen LogP contribution is -2.19. The van der Waals surface area contributed by atoms with Crippen LogP contribution in [0.25, 0.3) is 0 Å². The van der Waals surface area contributed by atoms with Crippen LogP contribution in [0.4, 0.5) is 5.69 Å².